The minimum Gasteiger partial charge on any atom is -0.339 e. The normalized spacial score (nSPS) is 20.5. The highest BCUT2D eigenvalue weighted by atomic mass is 16.2. The maximum atomic E-state index is 12.7. The van der Waals surface area contributed by atoms with Crippen LogP contribution in [0.1, 0.15) is 59.5 Å². The van der Waals surface area contributed by atoms with Crippen molar-refractivity contribution >= 4 is 5.91 Å². The van der Waals surface area contributed by atoms with Gasteiger partial charge in [0.1, 0.15) is 0 Å². The lowest BCUT2D eigenvalue weighted by Gasteiger charge is -2.28. The highest BCUT2D eigenvalue weighted by Crippen LogP contribution is 2.27. The van der Waals surface area contributed by atoms with E-state index in [-0.39, 0.29) is 5.91 Å². The van der Waals surface area contributed by atoms with E-state index in [1.165, 1.54) is 30.4 Å². The summed E-state index contributed by atoms with van der Waals surface area (Å²) in [7, 11) is 0. The number of likely N-dealkylation sites (tertiary alicyclic amines) is 1. The first kappa shape index (κ1) is 14.6. The molecule has 0 aliphatic carbocycles. The molecule has 0 spiro atoms. The van der Waals surface area contributed by atoms with Crippen LogP contribution in [0.2, 0.25) is 0 Å². The zero-order chi connectivity index (χ0) is 14.7. The second-order valence-corrected chi connectivity index (χ2v) is 6.51. The Labute approximate surface area is 127 Å². The van der Waals surface area contributed by atoms with E-state index >= 15 is 0 Å². The molecule has 3 nitrogen and oxygen atoms in total. The van der Waals surface area contributed by atoms with Gasteiger partial charge >= 0.3 is 0 Å². The monoisotopic (exact) mass is 286 g/mol. The Morgan fingerprint density at radius 3 is 2.52 bits per heavy atom. The molecule has 0 saturated carbocycles. The Balaban J connectivity index is 1.81. The van der Waals surface area contributed by atoms with E-state index in [1.807, 2.05) is 4.90 Å². The average Bonchev–Trinajstić information content (AvgIpc) is 2.55. The molecule has 2 aliphatic rings. The van der Waals surface area contributed by atoms with Gasteiger partial charge in [-0.05, 0) is 75.7 Å². The minimum atomic E-state index is 0.230. The molecule has 1 aromatic carbocycles. The molecule has 2 aliphatic heterocycles. The second kappa shape index (κ2) is 6.61. The second-order valence-electron chi connectivity index (χ2n) is 6.51. The summed E-state index contributed by atoms with van der Waals surface area (Å²) in [5, 5.41) is 3.41. The van der Waals surface area contributed by atoms with Crippen LogP contribution in [0.25, 0.3) is 0 Å². The summed E-state index contributed by atoms with van der Waals surface area (Å²) in [6.07, 6.45) is 5.93. The van der Waals surface area contributed by atoms with Crippen molar-refractivity contribution in [2.24, 2.45) is 0 Å². The summed E-state index contributed by atoms with van der Waals surface area (Å²) in [6.45, 7) is 6.14. The van der Waals surface area contributed by atoms with Gasteiger partial charge in [-0.2, -0.15) is 0 Å². The number of nitrogens with zero attached hydrogens (tertiary/aromatic N) is 1. The fraction of sp³-hybridized carbons (Fsp3) is 0.611. The van der Waals surface area contributed by atoms with Crippen molar-refractivity contribution in [2.45, 2.75) is 44.9 Å². The van der Waals surface area contributed by atoms with E-state index < -0.39 is 0 Å². The van der Waals surface area contributed by atoms with Crippen LogP contribution in [0.3, 0.4) is 0 Å². The van der Waals surface area contributed by atoms with Crippen molar-refractivity contribution in [3.05, 3.63) is 34.9 Å². The number of amides is 1. The molecule has 0 bridgehead atoms. The molecule has 0 aromatic heterocycles. The summed E-state index contributed by atoms with van der Waals surface area (Å²) in [5.74, 6) is 0.840. The first-order valence-electron chi connectivity index (χ1n) is 8.35. The van der Waals surface area contributed by atoms with Gasteiger partial charge in [-0.25, -0.2) is 0 Å². The maximum absolute atomic E-state index is 12.7. The van der Waals surface area contributed by atoms with Crippen LogP contribution in [-0.4, -0.2) is 37.0 Å². The third-order valence-corrected chi connectivity index (χ3v) is 4.80. The van der Waals surface area contributed by atoms with Gasteiger partial charge in [-0.3, -0.25) is 4.79 Å². The Bertz CT molecular complexity index is 500. The maximum Gasteiger partial charge on any atom is 0.253 e. The van der Waals surface area contributed by atoms with E-state index in [2.05, 4.69) is 30.4 Å². The SMILES string of the molecule is Cc1cc(C(=O)N2CCCCC2)cc(C2CCNCC2)c1. The molecule has 114 valence electrons. The van der Waals surface area contributed by atoms with Crippen molar-refractivity contribution in [2.75, 3.05) is 26.2 Å². The molecule has 0 atom stereocenters. The number of benzene rings is 1. The lowest BCUT2D eigenvalue weighted by molar-refractivity contribution is 0.0724. The molecule has 2 heterocycles. The average molecular weight is 286 g/mol. The quantitative estimate of drug-likeness (QED) is 0.906. The van der Waals surface area contributed by atoms with Gasteiger partial charge in [-0.15, -0.1) is 0 Å². The zero-order valence-electron chi connectivity index (χ0n) is 13.0. The fourth-order valence-corrected chi connectivity index (χ4v) is 3.61. The van der Waals surface area contributed by atoms with Gasteiger partial charge < -0.3 is 10.2 Å². The summed E-state index contributed by atoms with van der Waals surface area (Å²) in [6, 6.07) is 6.48. The standard InChI is InChI=1S/C18H26N2O/c1-14-11-16(15-5-7-19-8-6-15)13-17(12-14)18(21)20-9-3-2-4-10-20/h11-13,15,19H,2-10H2,1H3. The Kier molecular flexibility index (Phi) is 4.59. The van der Waals surface area contributed by atoms with Gasteiger partial charge in [0.05, 0.1) is 0 Å². The predicted molar refractivity (Wildman–Crippen MR) is 85.8 cm³/mol. The van der Waals surface area contributed by atoms with E-state index in [0.29, 0.717) is 5.92 Å². The molecule has 1 amide bonds. The topological polar surface area (TPSA) is 32.3 Å². The molecular formula is C18H26N2O. The number of hydrogen-bond acceptors (Lipinski definition) is 2. The van der Waals surface area contributed by atoms with Crippen LogP contribution in [0.5, 0.6) is 0 Å². The number of carbonyl (C=O) groups excluding carboxylic acids is 1. The molecule has 21 heavy (non-hydrogen) atoms. The molecule has 1 N–H and O–H groups in total. The zero-order valence-corrected chi connectivity index (χ0v) is 13.0. The van der Waals surface area contributed by atoms with Gasteiger partial charge in [-0.1, -0.05) is 11.6 Å². The lowest BCUT2D eigenvalue weighted by Crippen LogP contribution is -2.35. The number of rotatable bonds is 2. The first-order valence-corrected chi connectivity index (χ1v) is 8.35. The first-order chi connectivity index (χ1) is 10.2. The van der Waals surface area contributed by atoms with Crippen molar-refractivity contribution in [1.29, 1.82) is 0 Å². The molecule has 0 radical (unpaired) electrons. The summed E-state index contributed by atoms with van der Waals surface area (Å²) >= 11 is 0. The molecule has 3 rings (SSSR count). The van der Waals surface area contributed by atoms with Crippen molar-refractivity contribution < 1.29 is 4.79 Å². The van der Waals surface area contributed by atoms with Crippen LogP contribution in [-0.2, 0) is 0 Å². The molecule has 3 heteroatoms. The smallest absolute Gasteiger partial charge is 0.253 e. The minimum absolute atomic E-state index is 0.230. The number of aryl methyl sites for hydroxylation is 1. The Morgan fingerprint density at radius 2 is 1.81 bits per heavy atom. The molecule has 2 saturated heterocycles. The lowest BCUT2D eigenvalue weighted by atomic mass is 9.88. The van der Waals surface area contributed by atoms with Crippen LogP contribution < -0.4 is 5.32 Å². The molecule has 2 fully saturated rings. The largest absolute Gasteiger partial charge is 0.339 e. The van der Waals surface area contributed by atoms with Crippen LogP contribution >= 0.6 is 0 Å². The van der Waals surface area contributed by atoms with Crippen LogP contribution in [0.4, 0.5) is 0 Å². The highest BCUT2D eigenvalue weighted by molar-refractivity contribution is 5.94. The summed E-state index contributed by atoms with van der Waals surface area (Å²) in [5.41, 5.74) is 3.47. The third-order valence-electron chi connectivity index (χ3n) is 4.80. The van der Waals surface area contributed by atoms with E-state index in [1.54, 1.807) is 0 Å². The van der Waals surface area contributed by atoms with E-state index in [9.17, 15) is 4.79 Å². The van der Waals surface area contributed by atoms with Crippen molar-refractivity contribution in [3.8, 4) is 0 Å². The number of carbonyl (C=O) groups is 1. The van der Waals surface area contributed by atoms with E-state index in [4.69, 9.17) is 0 Å². The predicted octanol–water partition coefficient (Wildman–Crippen LogP) is 3.09. The van der Waals surface area contributed by atoms with Crippen LogP contribution in [0.15, 0.2) is 18.2 Å². The van der Waals surface area contributed by atoms with Gasteiger partial charge in [0.2, 0.25) is 0 Å². The number of hydrogen-bond donors (Lipinski definition) is 1. The molecule has 0 unspecified atom stereocenters. The van der Waals surface area contributed by atoms with Gasteiger partial charge in [0.15, 0.2) is 0 Å². The number of nitrogens with one attached hydrogen (secondary N) is 1. The van der Waals surface area contributed by atoms with Crippen LogP contribution in [0, 0.1) is 6.92 Å². The van der Waals surface area contributed by atoms with Gasteiger partial charge in [0.25, 0.3) is 5.91 Å². The Hall–Kier alpha value is -1.35. The summed E-state index contributed by atoms with van der Waals surface area (Å²) in [4.78, 5) is 14.7. The third kappa shape index (κ3) is 3.46. The van der Waals surface area contributed by atoms with Gasteiger partial charge in [0, 0.05) is 18.7 Å². The molecule has 1 aromatic rings. The van der Waals surface area contributed by atoms with Crippen molar-refractivity contribution in [1.82, 2.24) is 10.2 Å². The summed E-state index contributed by atoms with van der Waals surface area (Å²) < 4.78 is 0. The van der Waals surface area contributed by atoms with E-state index in [0.717, 1.165) is 44.6 Å². The molecular weight excluding hydrogens is 260 g/mol. The van der Waals surface area contributed by atoms with Crippen molar-refractivity contribution in [3.63, 3.8) is 0 Å². The highest BCUT2D eigenvalue weighted by Gasteiger charge is 2.21. The number of piperidine rings is 2. The Morgan fingerprint density at radius 1 is 1.10 bits per heavy atom. The fourth-order valence-electron chi connectivity index (χ4n) is 3.61.